The van der Waals surface area contributed by atoms with E-state index in [2.05, 4.69) is 4.98 Å². The second-order valence-electron chi connectivity index (χ2n) is 7.07. The molecule has 3 heterocycles. The predicted molar refractivity (Wildman–Crippen MR) is 107 cm³/mol. The first kappa shape index (κ1) is 16.6. The summed E-state index contributed by atoms with van der Waals surface area (Å²) in [6, 6.07) is 17.3. The van der Waals surface area contributed by atoms with E-state index in [-0.39, 0.29) is 11.3 Å². The third-order valence-corrected chi connectivity index (χ3v) is 5.28. The number of carbonyl (C=O) groups excluding carboxylic acids is 1. The van der Waals surface area contributed by atoms with Gasteiger partial charge in [-0.2, -0.15) is 0 Å². The molecule has 1 N–H and O–H groups in total. The van der Waals surface area contributed by atoms with Crippen molar-refractivity contribution in [2.45, 2.75) is 12.5 Å². The van der Waals surface area contributed by atoms with Gasteiger partial charge in [0.2, 0.25) is 0 Å². The van der Waals surface area contributed by atoms with Crippen molar-refractivity contribution in [1.82, 2.24) is 9.55 Å². The molecule has 0 spiro atoms. The lowest BCUT2D eigenvalue weighted by Crippen LogP contribution is -2.26. The normalized spacial score (nSPS) is 16.0. The molecule has 4 aromatic rings. The number of ether oxygens (including phenoxy) is 1. The van der Waals surface area contributed by atoms with E-state index in [1.54, 1.807) is 17.8 Å². The number of Topliss-reactive ketones (excluding diaryl/α,β-unsaturated/α-hetero) is 1. The molecule has 1 atom stereocenters. The lowest BCUT2D eigenvalue weighted by molar-refractivity contribution is -0.126. The first-order valence-electron chi connectivity index (χ1n) is 9.17. The average molecular weight is 370 g/mol. The van der Waals surface area contributed by atoms with Crippen molar-refractivity contribution in [3.63, 3.8) is 0 Å². The highest BCUT2D eigenvalue weighted by molar-refractivity contribution is 5.97. The summed E-state index contributed by atoms with van der Waals surface area (Å²) in [7, 11) is 1.73. The van der Waals surface area contributed by atoms with Gasteiger partial charge in [0, 0.05) is 47.9 Å². The Morgan fingerprint density at radius 3 is 2.64 bits per heavy atom. The number of aromatic amines is 1. The largest absolute Gasteiger partial charge is 0.477 e. The van der Waals surface area contributed by atoms with Gasteiger partial charge in [0.25, 0.3) is 5.56 Å². The van der Waals surface area contributed by atoms with Crippen molar-refractivity contribution in [3.05, 3.63) is 88.5 Å². The van der Waals surface area contributed by atoms with Crippen molar-refractivity contribution < 1.29 is 9.53 Å². The van der Waals surface area contributed by atoms with E-state index >= 15 is 0 Å². The van der Waals surface area contributed by atoms with Crippen LogP contribution >= 0.6 is 0 Å². The highest BCUT2D eigenvalue weighted by Gasteiger charge is 2.31. The van der Waals surface area contributed by atoms with Crippen LogP contribution in [0.4, 0.5) is 0 Å². The fourth-order valence-electron chi connectivity index (χ4n) is 3.90. The van der Waals surface area contributed by atoms with Crippen molar-refractivity contribution in [2.24, 2.45) is 7.05 Å². The number of nitrogens with one attached hydrogen (secondary N) is 1. The second kappa shape index (κ2) is 6.23. The minimum Gasteiger partial charge on any atom is -0.477 e. The summed E-state index contributed by atoms with van der Waals surface area (Å²) >= 11 is 0. The summed E-state index contributed by atoms with van der Waals surface area (Å²) in [6.07, 6.45) is 3.29. The molecule has 0 saturated carbocycles. The standard InChI is InChI=1S/C23H18N2O3/c1-25-13-18(16-10-11-24-20(16)23(25)27)17-9-5-8-15-12-19(26)22(28-21(15)17)14-6-3-2-4-7-14/h2-11,13,22,24H,12H2,1H3. The van der Waals surface area contributed by atoms with Crippen LogP contribution in [0.15, 0.2) is 71.8 Å². The summed E-state index contributed by atoms with van der Waals surface area (Å²) in [4.78, 5) is 28.1. The molecule has 0 aliphatic carbocycles. The summed E-state index contributed by atoms with van der Waals surface area (Å²) in [5, 5.41) is 0.841. The molecular formula is C23H18N2O3. The Kier molecular flexibility index (Phi) is 3.69. The van der Waals surface area contributed by atoms with E-state index in [1.165, 1.54) is 0 Å². The first-order valence-corrected chi connectivity index (χ1v) is 9.17. The van der Waals surface area contributed by atoms with Gasteiger partial charge in [-0.1, -0.05) is 48.5 Å². The average Bonchev–Trinajstić information content (AvgIpc) is 3.21. The number of aryl methyl sites for hydroxylation is 1. The first-order chi connectivity index (χ1) is 13.6. The number of benzene rings is 2. The number of pyridine rings is 1. The van der Waals surface area contributed by atoms with Crippen LogP contribution in [-0.4, -0.2) is 15.3 Å². The van der Waals surface area contributed by atoms with Gasteiger partial charge in [0.15, 0.2) is 11.9 Å². The molecule has 138 valence electrons. The van der Waals surface area contributed by atoms with E-state index in [0.29, 0.717) is 17.7 Å². The SMILES string of the molecule is Cn1cc(-c2cccc3c2OC(c2ccccc2)C(=O)C3)c2cc[nH]c2c1=O. The summed E-state index contributed by atoms with van der Waals surface area (Å²) in [5.41, 5.74) is 3.98. The second-order valence-corrected chi connectivity index (χ2v) is 7.07. The number of hydrogen-bond acceptors (Lipinski definition) is 3. The molecule has 2 aromatic carbocycles. The molecule has 1 unspecified atom stereocenters. The number of ketones is 1. The molecule has 5 nitrogen and oxygen atoms in total. The zero-order valence-electron chi connectivity index (χ0n) is 15.3. The molecule has 2 aromatic heterocycles. The van der Waals surface area contributed by atoms with Crippen molar-refractivity contribution >= 4 is 16.7 Å². The number of aromatic nitrogens is 2. The van der Waals surface area contributed by atoms with E-state index < -0.39 is 6.10 Å². The maximum atomic E-state index is 12.7. The molecule has 5 rings (SSSR count). The minimum absolute atomic E-state index is 0.0445. The Balaban J connectivity index is 1.71. The van der Waals surface area contributed by atoms with E-state index in [1.807, 2.05) is 60.8 Å². The van der Waals surface area contributed by atoms with Crippen LogP contribution in [0.2, 0.25) is 0 Å². The van der Waals surface area contributed by atoms with Crippen LogP contribution in [0.25, 0.3) is 22.0 Å². The molecule has 28 heavy (non-hydrogen) atoms. The maximum Gasteiger partial charge on any atom is 0.274 e. The van der Waals surface area contributed by atoms with Crippen LogP contribution < -0.4 is 10.3 Å². The fraction of sp³-hybridized carbons (Fsp3) is 0.130. The lowest BCUT2D eigenvalue weighted by atomic mass is 9.92. The minimum atomic E-state index is -0.621. The Hall–Kier alpha value is -3.60. The van der Waals surface area contributed by atoms with Gasteiger partial charge in [-0.25, -0.2) is 0 Å². The zero-order chi connectivity index (χ0) is 19.3. The molecule has 1 aliphatic rings. The van der Waals surface area contributed by atoms with Gasteiger partial charge in [0.1, 0.15) is 11.3 Å². The number of para-hydroxylation sites is 1. The van der Waals surface area contributed by atoms with Gasteiger partial charge in [-0.15, -0.1) is 0 Å². The van der Waals surface area contributed by atoms with Gasteiger partial charge in [0.05, 0.1) is 0 Å². The number of nitrogens with zero attached hydrogens (tertiary/aromatic N) is 1. The highest BCUT2D eigenvalue weighted by atomic mass is 16.5. The Morgan fingerprint density at radius 1 is 1.00 bits per heavy atom. The van der Waals surface area contributed by atoms with Gasteiger partial charge < -0.3 is 14.3 Å². The van der Waals surface area contributed by atoms with Crippen LogP contribution in [0, 0.1) is 0 Å². The predicted octanol–water partition coefficient (Wildman–Crippen LogP) is 3.78. The van der Waals surface area contributed by atoms with Gasteiger partial charge in [-0.05, 0) is 11.6 Å². The van der Waals surface area contributed by atoms with Crippen molar-refractivity contribution in [1.29, 1.82) is 0 Å². The Morgan fingerprint density at radius 2 is 1.82 bits per heavy atom. The Bertz CT molecular complexity index is 1270. The van der Waals surface area contributed by atoms with Gasteiger partial charge in [-0.3, -0.25) is 9.59 Å². The molecule has 0 radical (unpaired) electrons. The monoisotopic (exact) mass is 370 g/mol. The third-order valence-electron chi connectivity index (χ3n) is 5.28. The molecule has 0 bridgehead atoms. The molecule has 0 amide bonds. The quantitative estimate of drug-likeness (QED) is 0.584. The summed E-state index contributed by atoms with van der Waals surface area (Å²) in [6.45, 7) is 0. The van der Waals surface area contributed by atoms with Crippen LogP contribution in [0.1, 0.15) is 17.2 Å². The van der Waals surface area contributed by atoms with Crippen LogP contribution in [0.3, 0.4) is 0 Å². The van der Waals surface area contributed by atoms with Crippen molar-refractivity contribution in [3.8, 4) is 16.9 Å². The number of rotatable bonds is 2. The fourth-order valence-corrected chi connectivity index (χ4v) is 3.90. The molecule has 0 fully saturated rings. The number of carbonyl (C=O) groups is 1. The van der Waals surface area contributed by atoms with E-state index in [9.17, 15) is 9.59 Å². The number of hydrogen-bond donors (Lipinski definition) is 1. The van der Waals surface area contributed by atoms with E-state index in [0.717, 1.165) is 27.6 Å². The zero-order valence-corrected chi connectivity index (χ0v) is 15.3. The number of H-pyrrole nitrogens is 1. The highest BCUT2D eigenvalue weighted by Crippen LogP contribution is 2.41. The van der Waals surface area contributed by atoms with Gasteiger partial charge >= 0.3 is 0 Å². The Labute approximate surface area is 161 Å². The molecular weight excluding hydrogens is 352 g/mol. The molecule has 0 saturated heterocycles. The third kappa shape index (κ3) is 2.47. The summed E-state index contributed by atoms with van der Waals surface area (Å²) < 4.78 is 7.83. The molecule has 1 aliphatic heterocycles. The lowest BCUT2D eigenvalue weighted by Gasteiger charge is -2.27. The smallest absolute Gasteiger partial charge is 0.274 e. The number of fused-ring (bicyclic) bond motifs is 2. The van der Waals surface area contributed by atoms with Crippen LogP contribution in [0.5, 0.6) is 5.75 Å². The topological polar surface area (TPSA) is 64.1 Å². The van der Waals surface area contributed by atoms with Crippen LogP contribution in [-0.2, 0) is 18.3 Å². The van der Waals surface area contributed by atoms with E-state index in [4.69, 9.17) is 4.74 Å². The van der Waals surface area contributed by atoms with Crippen molar-refractivity contribution in [2.75, 3.05) is 0 Å². The molecule has 5 heteroatoms. The maximum absolute atomic E-state index is 12.7. The summed E-state index contributed by atoms with van der Waals surface area (Å²) in [5.74, 6) is 0.750.